The molecule has 0 aliphatic heterocycles. The molecule has 0 N–H and O–H groups in total. The summed E-state index contributed by atoms with van der Waals surface area (Å²) in [4.78, 5) is 14.1. The van der Waals surface area contributed by atoms with Crippen LogP contribution in [0, 0.1) is 0 Å². The van der Waals surface area contributed by atoms with Crippen molar-refractivity contribution in [2.45, 2.75) is 27.0 Å². The summed E-state index contributed by atoms with van der Waals surface area (Å²) in [6, 6.07) is 16.8. The van der Waals surface area contributed by atoms with Gasteiger partial charge in [0.25, 0.3) is 0 Å². The summed E-state index contributed by atoms with van der Waals surface area (Å²) in [5.74, 6) is 0.860. The zero-order valence-electron chi connectivity index (χ0n) is 14.3. The average Bonchev–Trinajstić information content (AvgIpc) is 2.58. The van der Waals surface area contributed by atoms with Gasteiger partial charge >= 0.3 is 6.16 Å². The molecule has 0 fully saturated rings. The molecular formula is C19H23NO4. The smallest absolute Gasteiger partial charge is 0.490 e. The third-order valence-electron chi connectivity index (χ3n) is 3.48. The fourth-order valence-corrected chi connectivity index (χ4v) is 2.40. The van der Waals surface area contributed by atoms with Crippen molar-refractivity contribution < 1.29 is 19.0 Å². The number of nitrogens with zero attached hydrogens (tertiary/aromatic N) is 1. The lowest BCUT2D eigenvalue weighted by Gasteiger charge is -2.29. The molecule has 0 spiro atoms. The Morgan fingerprint density at radius 2 is 1.62 bits per heavy atom. The first kappa shape index (κ1) is 17.7. The van der Waals surface area contributed by atoms with E-state index in [1.54, 1.807) is 18.2 Å². The van der Waals surface area contributed by atoms with Crippen LogP contribution < -0.4 is 14.4 Å². The summed E-state index contributed by atoms with van der Waals surface area (Å²) in [5, 5.41) is 0. The van der Waals surface area contributed by atoms with Crippen molar-refractivity contribution in [2.24, 2.45) is 0 Å². The maximum absolute atomic E-state index is 12.1. The SMILES string of the molecule is CCOc1ccccc1OC(=O)OC(C)N(CC)c1ccccc1. The van der Waals surface area contributed by atoms with Gasteiger partial charge in [0.1, 0.15) is 0 Å². The molecule has 2 aromatic rings. The highest BCUT2D eigenvalue weighted by Gasteiger charge is 2.19. The van der Waals surface area contributed by atoms with Gasteiger partial charge in [-0.15, -0.1) is 0 Å². The molecule has 0 aliphatic rings. The zero-order valence-corrected chi connectivity index (χ0v) is 14.3. The second kappa shape index (κ2) is 8.82. The molecule has 5 heteroatoms. The molecule has 0 aromatic heterocycles. The minimum atomic E-state index is -0.760. The predicted octanol–water partition coefficient (Wildman–Crippen LogP) is 4.47. The molecule has 0 heterocycles. The summed E-state index contributed by atoms with van der Waals surface area (Å²) < 4.78 is 16.1. The lowest BCUT2D eigenvalue weighted by molar-refractivity contribution is 0.0635. The maximum atomic E-state index is 12.1. The van der Waals surface area contributed by atoms with E-state index in [1.807, 2.05) is 62.1 Å². The minimum Gasteiger partial charge on any atom is -0.490 e. The van der Waals surface area contributed by atoms with Gasteiger partial charge in [-0.25, -0.2) is 4.79 Å². The summed E-state index contributed by atoms with van der Waals surface area (Å²) >= 11 is 0. The Balaban J connectivity index is 2.01. The number of carbonyl (C=O) groups is 1. The second-order valence-electron chi connectivity index (χ2n) is 5.07. The van der Waals surface area contributed by atoms with Crippen LogP contribution >= 0.6 is 0 Å². The van der Waals surface area contributed by atoms with Crippen LogP contribution in [0.3, 0.4) is 0 Å². The van der Waals surface area contributed by atoms with E-state index in [4.69, 9.17) is 14.2 Å². The maximum Gasteiger partial charge on any atom is 0.515 e. The molecule has 1 atom stereocenters. The molecule has 24 heavy (non-hydrogen) atoms. The normalized spacial score (nSPS) is 11.5. The van der Waals surface area contributed by atoms with Crippen LogP contribution in [0.1, 0.15) is 20.8 Å². The Labute approximate surface area is 142 Å². The van der Waals surface area contributed by atoms with Gasteiger partial charge in [-0.1, -0.05) is 30.3 Å². The minimum absolute atomic E-state index is 0.347. The van der Waals surface area contributed by atoms with Gasteiger partial charge in [0, 0.05) is 12.2 Å². The van der Waals surface area contributed by atoms with Gasteiger partial charge in [0.2, 0.25) is 0 Å². The summed E-state index contributed by atoms with van der Waals surface area (Å²) in [6.45, 7) is 6.88. The molecule has 0 amide bonds. The van der Waals surface area contributed by atoms with Crippen molar-refractivity contribution >= 4 is 11.8 Å². The van der Waals surface area contributed by atoms with Crippen LogP contribution in [-0.4, -0.2) is 25.5 Å². The number of carbonyl (C=O) groups excluding carboxylic acids is 1. The summed E-state index contributed by atoms with van der Waals surface area (Å²) in [5.41, 5.74) is 0.981. The number of ether oxygens (including phenoxy) is 3. The molecule has 128 valence electrons. The lowest BCUT2D eigenvalue weighted by atomic mass is 10.3. The van der Waals surface area contributed by atoms with E-state index in [0.29, 0.717) is 24.7 Å². The third-order valence-corrected chi connectivity index (χ3v) is 3.48. The van der Waals surface area contributed by atoms with Gasteiger partial charge < -0.3 is 19.1 Å². The van der Waals surface area contributed by atoms with E-state index in [-0.39, 0.29) is 0 Å². The number of rotatable bonds is 7. The van der Waals surface area contributed by atoms with E-state index >= 15 is 0 Å². The van der Waals surface area contributed by atoms with Crippen LogP contribution in [0.5, 0.6) is 11.5 Å². The van der Waals surface area contributed by atoms with E-state index in [1.165, 1.54) is 0 Å². The highest BCUT2D eigenvalue weighted by atomic mass is 16.7. The van der Waals surface area contributed by atoms with Crippen molar-refractivity contribution in [1.29, 1.82) is 0 Å². The van der Waals surface area contributed by atoms with Gasteiger partial charge in [0.05, 0.1) is 6.61 Å². The van der Waals surface area contributed by atoms with Gasteiger partial charge in [-0.2, -0.15) is 0 Å². The molecule has 5 nitrogen and oxygen atoms in total. The number of anilines is 1. The van der Waals surface area contributed by atoms with Crippen molar-refractivity contribution in [3.63, 3.8) is 0 Å². The Bertz CT molecular complexity index is 645. The van der Waals surface area contributed by atoms with Gasteiger partial charge in [-0.3, -0.25) is 0 Å². The molecule has 0 aliphatic carbocycles. The molecule has 0 saturated carbocycles. The number of benzene rings is 2. The van der Waals surface area contributed by atoms with E-state index in [2.05, 4.69) is 0 Å². The molecule has 2 rings (SSSR count). The Morgan fingerprint density at radius 1 is 1.00 bits per heavy atom. The number of para-hydroxylation sites is 3. The largest absolute Gasteiger partial charge is 0.515 e. The predicted molar refractivity (Wildman–Crippen MR) is 93.6 cm³/mol. The van der Waals surface area contributed by atoms with Crippen LogP contribution in [0.25, 0.3) is 0 Å². The van der Waals surface area contributed by atoms with Crippen molar-refractivity contribution in [1.82, 2.24) is 0 Å². The first-order valence-corrected chi connectivity index (χ1v) is 8.07. The van der Waals surface area contributed by atoms with Crippen LogP contribution in [0.4, 0.5) is 10.5 Å². The summed E-state index contributed by atoms with van der Waals surface area (Å²) in [7, 11) is 0. The Kier molecular flexibility index (Phi) is 6.49. The molecule has 1 unspecified atom stereocenters. The van der Waals surface area contributed by atoms with E-state index in [0.717, 1.165) is 5.69 Å². The molecule has 0 radical (unpaired) electrons. The van der Waals surface area contributed by atoms with Crippen molar-refractivity contribution in [2.75, 3.05) is 18.1 Å². The highest BCUT2D eigenvalue weighted by Crippen LogP contribution is 2.27. The fraction of sp³-hybridized carbons (Fsp3) is 0.316. The number of hydrogen-bond acceptors (Lipinski definition) is 5. The van der Waals surface area contributed by atoms with Gasteiger partial charge in [0.15, 0.2) is 17.7 Å². The van der Waals surface area contributed by atoms with Crippen LogP contribution in [0.2, 0.25) is 0 Å². The molecule has 2 aromatic carbocycles. The lowest BCUT2D eigenvalue weighted by Crippen LogP contribution is -2.37. The molecule has 0 saturated heterocycles. The van der Waals surface area contributed by atoms with Gasteiger partial charge in [-0.05, 0) is 45.0 Å². The first-order chi connectivity index (χ1) is 11.7. The Morgan fingerprint density at radius 3 is 2.25 bits per heavy atom. The van der Waals surface area contributed by atoms with E-state index in [9.17, 15) is 4.79 Å². The second-order valence-corrected chi connectivity index (χ2v) is 5.07. The number of hydrogen-bond donors (Lipinski definition) is 0. The standard InChI is InChI=1S/C19H23NO4/c1-4-20(16-11-7-6-8-12-16)15(3)23-19(21)24-18-14-10-9-13-17(18)22-5-2/h6-15H,4-5H2,1-3H3. The van der Waals surface area contributed by atoms with E-state index < -0.39 is 12.4 Å². The van der Waals surface area contributed by atoms with Crippen molar-refractivity contribution in [3.05, 3.63) is 54.6 Å². The zero-order chi connectivity index (χ0) is 17.4. The van der Waals surface area contributed by atoms with Crippen LogP contribution in [-0.2, 0) is 4.74 Å². The summed E-state index contributed by atoms with van der Waals surface area (Å²) in [6.07, 6.45) is -1.21. The first-order valence-electron chi connectivity index (χ1n) is 8.07. The quantitative estimate of drug-likeness (QED) is 0.426. The fourth-order valence-electron chi connectivity index (χ4n) is 2.40. The highest BCUT2D eigenvalue weighted by molar-refractivity contribution is 5.66. The third kappa shape index (κ3) is 4.65. The molecular weight excluding hydrogens is 306 g/mol. The van der Waals surface area contributed by atoms with Crippen molar-refractivity contribution in [3.8, 4) is 11.5 Å². The van der Waals surface area contributed by atoms with Crippen LogP contribution in [0.15, 0.2) is 54.6 Å². The average molecular weight is 329 g/mol. The monoisotopic (exact) mass is 329 g/mol. The Hall–Kier alpha value is -2.69. The molecule has 0 bridgehead atoms. The topological polar surface area (TPSA) is 48.0 Å².